The van der Waals surface area contributed by atoms with E-state index in [0.29, 0.717) is 12.0 Å². The second kappa shape index (κ2) is 5.53. The monoisotopic (exact) mass is 262 g/mol. The molecule has 94 valence electrons. The highest BCUT2D eigenvalue weighted by molar-refractivity contribution is 6.20. The van der Waals surface area contributed by atoms with Gasteiger partial charge in [0.15, 0.2) is 0 Å². The van der Waals surface area contributed by atoms with Gasteiger partial charge in [-0.1, -0.05) is 42.0 Å². The van der Waals surface area contributed by atoms with Gasteiger partial charge in [-0.3, -0.25) is 0 Å². The molecule has 0 aromatic heterocycles. The normalized spacial score (nSPS) is 12.4. The Morgan fingerprint density at radius 1 is 1.00 bits per heavy atom. The first kappa shape index (κ1) is 13.1. The molecule has 0 N–H and O–H groups in total. The molecule has 18 heavy (non-hydrogen) atoms. The second-order valence-electron chi connectivity index (χ2n) is 4.68. The Morgan fingerprint density at radius 2 is 1.61 bits per heavy atom. The van der Waals surface area contributed by atoms with Gasteiger partial charge < -0.3 is 0 Å². The van der Waals surface area contributed by atoms with Gasteiger partial charge in [0.05, 0.1) is 5.38 Å². The summed E-state index contributed by atoms with van der Waals surface area (Å²) in [4.78, 5) is 0. The molecule has 1 atom stereocenters. The van der Waals surface area contributed by atoms with Crippen molar-refractivity contribution >= 4 is 11.6 Å². The Morgan fingerprint density at radius 3 is 2.22 bits per heavy atom. The third-order valence-corrected chi connectivity index (χ3v) is 3.42. The fraction of sp³-hybridized carbons (Fsp3) is 0.250. The molecule has 1 unspecified atom stereocenters. The molecule has 0 bridgehead atoms. The first-order chi connectivity index (χ1) is 8.56. The van der Waals surface area contributed by atoms with Crippen LogP contribution in [0.4, 0.5) is 4.39 Å². The van der Waals surface area contributed by atoms with Crippen molar-refractivity contribution < 1.29 is 4.39 Å². The zero-order valence-electron chi connectivity index (χ0n) is 10.6. The number of benzene rings is 2. The van der Waals surface area contributed by atoms with Crippen molar-refractivity contribution in [1.82, 2.24) is 0 Å². The van der Waals surface area contributed by atoms with Crippen LogP contribution in [0.1, 0.15) is 27.6 Å². The van der Waals surface area contributed by atoms with E-state index in [-0.39, 0.29) is 11.2 Å². The van der Waals surface area contributed by atoms with Gasteiger partial charge in [-0.25, -0.2) is 4.39 Å². The molecule has 0 heterocycles. The predicted molar refractivity (Wildman–Crippen MR) is 74.6 cm³/mol. The highest BCUT2D eigenvalue weighted by Gasteiger charge is 2.13. The molecule has 0 nitrogen and oxygen atoms in total. The zero-order chi connectivity index (χ0) is 13.1. The maximum Gasteiger partial charge on any atom is 0.128 e. The lowest BCUT2D eigenvalue weighted by Gasteiger charge is -2.11. The van der Waals surface area contributed by atoms with Gasteiger partial charge in [-0.2, -0.15) is 0 Å². The van der Waals surface area contributed by atoms with Gasteiger partial charge in [0.1, 0.15) is 5.82 Å². The van der Waals surface area contributed by atoms with Crippen molar-refractivity contribution in [3.63, 3.8) is 0 Å². The number of hydrogen-bond acceptors (Lipinski definition) is 0. The Balaban J connectivity index is 2.16. The van der Waals surface area contributed by atoms with Crippen LogP contribution in [-0.4, -0.2) is 0 Å². The Kier molecular flexibility index (Phi) is 4.03. The smallest absolute Gasteiger partial charge is 0.128 e. The predicted octanol–water partition coefficient (Wildman–Crippen LogP) is 4.97. The van der Waals surface area contributed by atoms with E-state index < -0.39 is 0 Å². The lowest BCUT2D eigenvalue weighted by molar-refractivity contribution is 0.604. The number of alkyl halides is 1. The summed E-state index contributed by atoms with van der Waals surface area (Å²) < 4.78 is 13.8. The van der Waals surface area contributed by atoms with Crippen LogP contribution in [-0.2, 0) is 6.42 Å². The van der Waals surface area contributed by atoms with E-state index >= 15 is 0 Å². The summed E-state index contributed by atoms with van der Waals surface area (Å²) in [5, 5.41) is -0.326. The Hall–Kier alpha value is -1.34. The van der Waals surface area contributed by atoms with Crippen LogP contribution >= 0.6 is 11.6 Å². The highest BCUT2D eigenvalue weighted by Crippen LogP contribution is 2.27. The summed E-state index contributed by atoms with van der Waals surface area (Å²) in [5.41, 5.74) is 3.82. The number of aryl methyl sites for hydroxylation is 2. The van der Waals surface area contributed by atoms with Crippen LogP contribution in [0.2, 0.25) is 0 Å². The van der Waals surface area contributed by atoms with Gasteiger partial charge >= 0.3 is 0 Å². The van der Waals surface area contributed by atoms with Crippen LogP contribution in [0.25, 0.3) is 0 Å². The van der Waals surface area contributed by atoms with Crippen molar-refractivity contribution in [2.45, 2.75) is 25.6 Å². The minimum Gasteiger partial charge on any atom is -0.207 e. The number of hydrogen-bond donors (Lipinski definition) is 0. The molecule has 0 aliphatic heterocycles. The van der Waals surface area contributed by atoms with Crippen molar-refractivity contribution in [3.05, 3.63) is 70.5 Å². The molecule has 0 radical (unpaired) electrons. The maximum atomic E-state index is 13.8. The summed E-state index contributed by atoms with van der Waals surface area (Å²) >= 11 is 6.30. The summed E-state index contributed by atoms with van der Waals surface area (Å²) in [5.74, 6) is -0.220. The summed E-state index contributed by atoms with van der Waals surface area (Å²) in [6, 6.07) is 13.4. The largest absolute Gasteiger partial charge is 0.207 e. The van der Waals surface area contributed by atoms with Crippen LogP contribution in [0.15, 0.2) is 42.5 Å². The molecule has 0 saturated carbocycles. The molecule has 2 aromatic carbocycles. The lowest BCUT2D eigenvalue weighted by Crippen LogP contribution is -1.99. The number of halogens is 2. The Bertz CT molecular complexity index is 531. The molecule has 0 spiro atoms. The minimum absolute atomic E-state index is 0.220. The molecule has 2 heteroatoms. The van der Waals surface area contributed by atoms with E-state index in [4.69, 9.17) is 11.6 Å². The molecule has 0 amide bonds. The topological polar surface area (TPSA) is 0 Å². The Labute approximate surface area is 112 Å². The first-order valence-corrected chi connectivity index (χ1v) is 6.45. The first-order valence-electron chi connectivity index (χ1n) is 6.02. The van der Waals surface area contributed by atoms with Crippen molar-refractivity contribution in [2.24, 2.45) is 0 Å². The van der Waals surface area contributed by atoms with Crippen molar-refractivity contribution in [1.29, 1.82) is 0 Å². The van der Waals surface area contributed by atoms with Crippen molar-refractivity contribution in [3.8, 4) is 0 Å². The molecule has 2 aromatic rings. The van der Waals surface area contributed by atoms with E-state index in [1.54, 1.807) is 6.07 Å². The fourth-order valence-corrected chi connectivity index (χ4v) is 2.28. The summed E-state index contributed by atoms with van der Waals surface area (Å²) in [6.07, 6.45) is 0.641. The number of rotatable bonds is 3. The highest BCUT2D eigenvalue weighted by atomic mass is 35.5. The second-order valence-corrected chi connectivity index (χ2v) is 5.21. The molecular weight excluding hydrogens is 247 g/mol. The molecule has 0 fully saturated rings. The van der Waals surface area contributed by atoms with Gasteiger partial charge in [-0.15, -0.1) is 11.6 Å². The molecule has 0 aliphatic rings. The standard InChI is InChI=1S/C16H16ClF/c1-11-3-6-13(7-4-11)10-15(17)14-8-5-12(2)9-16(14)18/h3-9,15H,10H2,1-2H3. The average Bonchev–Trinajstić information content (AvgIpc) is 2.32. The van der Waals surface area contributed by atoms with Crippen LogP contribution in [0.5, 0.6) is 0 Å². The third kappa shape index (κ3) is 3.11. The maximum absolute atomic E-state index is 13.8. The van der Waals surface area contributed by atoms with Crippen LogP contribution < -0.4 is 0 Å². The quantitative estimate of drug-likeness (QED) is 0.686. The third-order valence-electron chi connectivity index (χ3n) is 3.03. The molecule has 2 rings (SSSR count). The zero-order valence-corrected chi connectivity index (χ0v) is 11.3. The van der Waals surface area contributed by atoms with E-state index in [1.165, 1.54) is 11.6 Å². The molecule has 0 saturated heterocycles. The molecular formula is C16H16ClF. The van der Waals surface area contributed by atoms with Gasteiger partial charge in [0, 0.05) is 5.56 Å². The SMILES string of the molecule is Cc1ccc(CC(Cl)c2ccc(C)cc2F)cc1. The van der Waals surface area contributed by atoms with E-state index in [9.17, 15) is 4.39 Å². The summed E-state index contributed by atoms with van der Waals surface area (Å²) in [7, 11) is 0. The minimum atomic E-state index is -0.326. The summed E-state index contributed by atoms with van der Waals surface area (Å²) in [6.45, 7) is 3.91. The van der Waals surface area contributed by atoms with E-state index in [2.05, 4.69) is 0 Å². The van der Waals surface area contributed by atoms with Gasteiger partial charge in [-0.05, 0) is 37.5 Å². The van der Waals surface area contributed by atoms with Crippen LogP contribution in [0, 0.1) is 19.7 Å². The van der Waals surface area contributed by atoms with Crippen molar-refractivity contribution in [2.75, 3.05) is 0 Å². The van der Waals surface area contributed by atoms with Gasteiger partial charge in [0.25, 0.3) is 0 Å². The van der Waals surface area contributed by atoms with E-state index in [0.717, 1.165) is 11.1 Å². The lowest BCUT2D eigenvalue weighted by atomic mass is 10.0. The van der Waals surface area contributed by atoms with Crippen LogP contribution in [0.3, 0.4) is 0 Å². The molecule has 0 aliphatic carbocycles. The fourth-order valence-electron chi connectivity index (χ4n) is 1.93. The van der Waals surface area contributed by atoms with Gasteiger partial charge in [0.2, 0.25) is 0 Å². The average molecular weight is 263 g/mol. The van der Waals surface area contributed by atoms with E-state index in [1.807, 2.05) is 44.2 Å².